The molecule has 1 N–H and O–H groups in total. The topological polar surface area (TPSA) is 88.6 Å². The third kappa shape index (κ3) is 5.56. The summed E-state index contributed by atoms with van der Waals surface area (Å²) < 4.78 is 34.1. The molecule has 0 saturated carbocycles. The maximum atomic E-state index is 13.1. The molecule has 1 fully saturated rings. The third-order valence-electron chi connectivity index (χ3n) is 6.15. The number of piperidine rings is 1. The van der Waals surface area contributed by atoms with E-state index < -0.39 is 10.0 Å². The Morgan fingerprint density at radius 1 is 1.03 bits per heavy atom. The van der Waals surface area contributed by atoms with Crippen molar-refractivity contribution in [1.82, 2.24) is 9.88 Å². The summed E-state index contributed by atoms with van der Waals surface area (Å²) >= 11 is 0. The molecule has 7 nitrogen and oxygen atoms in total. The highest BCUT2D eigenvalue weighted by molar-refractivity contribution is 7.92. The first-order chi connectivity index (χ1) is 16.4. The van der Waals surface area contributed by atoms with Gasteiger partial charge in [-0.05, 0) is 78.8 Å². The van der Waals surface area contributed by atoms with Crippen LogP contribution >= 0.6 is 0 Å². The van der Waals surface area contributed by atoms with E-state index >= 15 is 0 Å². The number of aromatic nitrogens is 1. The Kier molecular flexibility index (Phi) is 7.17. The van der Waals surface area contributed by atoms with E-state index in [-0.39, 0.29) is 16.4 Å². The molecule has 0 atom stereocenters. The number of methoxy groups -OCH3 is 1. The molecule has 34 heavy (non-hydrogen) atoms. The van der Waals surface area contributed by atoms with Crippen LogP contribution in [-0.2, 0) is 16.4 Å². The van der Waals surface area contributed by atoms with E-state index in [0.29, 0.717) is 30.4 Å². The number of nitrogens with zero attached hydrogens (tertiary/aromatic N) is 2. The molecule has 8 heteroatoms. The fourth-order valence-electron chi connectivity index (χ4n) is 4.04. The monoisotopic (exact) mass is 479 g/mol. The van der Waals surface area contributed by atoms with Gasteiger partial charge in [0.1, 0.15) is 5.75 Å². The Morgan fingerprint density at radius 2 is 1.68 bits per heavy atom. The molecule has 3 aromatic rings. The molecule has 0 spiro atoms. The lowest BCUT2D eigenvalue weighted by Crippen LogP contribution is -2.38. The van der Waals surface area contributed by atoms with Crippen LogP contribution in [0.5, 0.6) is 5.75 Å². The first-order valence-electron chi connectivity index (χ1n) is 11.3. The number of anilines is 1. The Bertz CT molecular complexity index is 1240. The van der Waals surface area contributed by atoms with Crippen molar-refractivity contribution in [3.05, 3.63) is 83.7 Å². The van der Waals surface area contributed by atoms with Crippen molar-refractivity contribution in [2.45, 2.75) is 31.1 Å². The van der Waals surface area contributed by atoms with Gasteiger partial charge >= 0.3 is 0 Å². The summed E-state index contributed by atoms with van der Waals surface area (Å²) in [6.07, 6.45) is 6.10. The second-order valence-corrected chi connectivity index (χ2v) is 10.4. The van der Waals surface area contributed by atoms with Gasteiger partial charge in [0.15, 0.2) is 0 Å². The van der Waals surface area contributed by atoms with E-state index in [2.05, 4.69) is 16.6 Å². The van der Waals surface area contributed by atoms with Gasteiger partial charge in [-0.3, -0.25) is 14.5 Å². The highest BCUT2D eigenvalue weighted by atomic mass is 32.2. The zero-order chi connectivity index (χ0) is 24.1. The fraction of sp³-hybridized carbons (Fsp3) is 0.308. The van der Waals surface area contributed by atoms with Gasteiger partial charge in [0.05, 0.1) is 17.6 Å². The SMILES string of the molecule is COc1ccc(S(=O)(=O)Nc2ccc(Cc3ccncc3)cc2)cc1C(=O)N1CCC(C)CC1. The zero-order valence-electron chi connectivity index (χ0n) is 19.4. The summed E-state index contributed by atoms with van der Waals surface area (Å²) in [5.41, 5.74) is 2.89. The largest absolute Gasteiger partial charge is 0.496 e. The van der Waals surface area contributed by atoms with Gasteiger partial charge in [-0.25, -0.2) is 8.42 Å². The third-order valence-corrected chi connectivity index (χ3v) is 7.53. The average Bonchev–Trinajstić information content (AvgIpc) is 2.85. The van der Waals surface area contributed by atoms with Crippen LogP contribution in [0.1, 0.15) is 41.3 Å². The molecule has 1 aliphatic heterocycles. The second-order valence-electron chi connectivity index (χ2n) is 8.67. The van der Waals surface area contributed by atoms with Gasteiger partial charge < -0.3 is 9.64 Å². The average molecular weight is 480 g/mol. The molecule has 1 aliphatic rings. The summed E-state index contributed by atoms with van der Waals surface area (Å²) in [7, 11) is -2.41. The van der Waals surface area contributed by atoms with Crippen LogP contribution in [0.15, 0.2) is 71.9 Å². The Morgan fingerprint density at radius 3 is 2.32 bits per heavy atom. The molecule has 2 heterocycles. The molecule has 1 amide bonds. The lowest BCUT2D eigenvalue weighted by atomic mass is 9.98. The summed E-state index contributed by atoms with van der Waals surface area (Å²) in [5.74, 6) is 0.738. The Labute approximate surface area is 200 Å². The van der Waals surface area contributed by atoms with E-state index in [1.54, 1.807) is 29.4 Å². The van der Waals surface area contributed by atoms with Gasteiger partial charge in [0, 0.05) is 31.2 Å². The van der Waals surface area contributed by atoms with Gasteiger partial charge in [0.2, 0.25) is 0 Å². The minimum atomic E-state index is -3.89. The lowest BCUT2D eigenvalue weighted by Gasteiger charge is -2.30. The molecule has 1 aromatic heterocycles. The van der Waals surface area contributed by atoms with Crippen molar-refractivity contribution < 1.29 is 17.9 Å². The maximum Gasteiger partial charge on any atom is 0.261 e. The zero-order valence-corrected chi connectivity index (χ0v) is 20.2. The minimum absolute atomic E-state index is 0.0166. The van der Waals surface area contributed by atoms with Crippen LogP contribution in [0.4, 0.5) is 5.69 Å². The van der Waals surface area contributed by atoms with E-state index in [4.69, 9.17) is 4.74 Å². The number of hydrogen-bond donors (Lipinski definition) is 1. The Hall–Kier alpha value is -3.39. The molecule has 0 aliphatic carbocycles. The molecule has 0 radical (unpaired) electrons. The number of ether oxygens (including phenoxy) is 1. The molecular weight excluding hydrogens is 450 g/mol. The van der Waals surface area contributed by atoms with Crippen molar-refractivity contribution in [1.29, 1.82) is 0 Å². The highest BCUT2D eigenvalue weighted by Crippen LogP contribution is 2.27. The summed E-state index contributed by atoms with van der Waals surface area (Å²) in [4.78, 5) is 18.9. The van der Waals surface area contributed by atoms with Crippen LogP contribution in [0.2, 0.25) is 0 Å². The second kappa shape index (κ2) is 10.3. The number of nitrogens with one attached hydrogen (secondary N) is 1. The lowest BCUT2D eigenvalue weighted by molar-refractivity contribution is 0.0693. The van der Waals surface area contributed by atoms with E-state index in [0.717, 1.165) is 30.4 Å². The first-order valence-corrected chi connectivity index (χ1v) is 12.8. The molecule has 0 bridgehead atoms. The number of carbonyl (C=O) groups is 1. The fourth-order valence-corrected chi connectivity index (χ4v) is 5.13. The number of sulfonamides is 1. The molecule has 4 rings (SSSR count). The van der Waals surface area contributed by atoms with E-state index in [1.165, 1.54) is 25.3 Å². The van der Waals surface area contributed by atoms with Crippen LogP contribution in [0.3, 0.4) is 0 Å². The minimum Gasteiger partial charge on any atom is -0.496 e. The van der Waals surface area contributed by atoms with Gasteiger partial charge in [-0.1, -0.05) is 19.1 Å². The Balaban J connectivity index is 1.51. The molecule has 0 unspecified atom stereocenters. The van der Waals surface area contributed by atoms with Crippen LogP contribution in [0.25, 0.3) is 0 Å². The van der Waals surface area contributed by atoms with Crippen molar-refractivity contribution in [2.75, 3.05) is 24.9 Å². The maximum absolute atomic E-state index is 13.1. The quantitative estimate of drug-likeness (QED) is 0.544. The molecule has 2 aromatic carbocycles. The molecular formula is C26H29N3O4S. The number of hydrogen-bond acceptors (Lipinski definition) is 5. The smallest absolute Gasteiger partial charge is 0.261 e. The van der Waals surface area contributed by atoms with Crippen LogP contribution in [-0.4, -0.2) is 44.4 Å². The summed E-state index contributed by atoms with van der Waals surface area (Å²) in [6.45, 7) is 3.49. The normalized spacial score (nSPS) is 14.6. The molecule has 1 saturated heterocycles. The number of amides is 1. The van der Waals surface area contributed by atoms with E-state index in [1.807, 2.05) is 24.3 Å². The number of benzene rings is 2. The predicted molar refractivity (Wildman–Crippen MR) is 132 cm³/mol. The van der Waals surface area contributed by atoms with Gasteiger partial charge in [-0.15, -0.1) is 0 Å². The van der Waals surface area contributed by atoms with Crippen LogP contribution in [0, 0.1) is 5.92 Å². The van der Waals surface area contributed by atoms with Crippen molar-refractivity contribution >= 4 is 21.6 Å². The first kappa shape index (κ1) is 23.8. The molecule has 178 valence electrons. The summed E-state index contributed by atoms with van der Waals surface area (Å²) in [6, 6.07) is 15.5. The van der Waals surface area contributed by atoms with Crippen molar-refractivity contribution in [2.24, 2.45) is 5.92 Å². The highest BCUT2D eigenvalue weighted by Gasteiger charge is 2.26. The van der Waals surface area contributed by atoms with Gasteiger partial charge in [0.25, 0.3) is 15.9 Å². The number of likely N-dealkylation sites (tertiary alicyclic amines) is 1. The summed E-state index contributed by atoms with van der Waals surface area (Å²) in [5, 5.41) is 0. The number of rotatable bonds is 7. The standard InChI is InChI=1S/C26H29N3O4S/c1-19-11-15-29(16-12-19)26(30)24-18-23(7-8-25(24)33-2)34(31,32)28-22-5-3-20(4-6-22)17-21-9-13-27-14-10-21/h3-10,13-14,18-19,28H,11-12,15-17H2,1-2H3. The van der Waals surface area contributed by atoms with Crippen LogP contribution < -0.4 is 9.46 Å². The van der Waals surface area contributed by atoms with E-state index in [9.17, 15) is 13.2 Å². The number of carbonyl (C=O) groups excluding carboxylic acids is 1. The predicted octanol–water partition coefficient (Wildman–Crippen LogP) is 4.35. The van der Waals surface area contributed by atoms with Crippen molar-refractivity contribution in [3.63, 3.8) is 0 Å². The number of pyridine rings is 1. The van der Waals surface area contributed by atoms with Gasteiger partial charge in [-0.2, -0.15) is 0 Å². The van der Waals surface area contributed by atoms with Crippen molar-refractivity contribution in [3.8, 4) is 5.75 Å².